The van der Waals surface area contributed by atoms with Crippen LogP contribution in [0, 0.1) is 0 Å². The maximum atomic E-state index is 12.6. The minimum atomic E-state index is -4.40. The number of aldehydes is 1. The van der Waals surface area contributed by atoms with Crippen LogP contribution in [0.4, 0.5) is 13.2 Å². The molecule has 1 N–H and O–H groups in total. The third kappa shape index (κ3) is 3.73. The number of hydrazine groups is 1. The molecule has 1 amide bonds. The standard InChI is InChI=1S/C15H15F3N4O2/c1-3-12-8-13(19-22(12)20-21(2)14(24)9-23)10-4-6-11(7-5-10)15(16,17)18/h4-9,20H,3H2,1-2H3. The van der Waals surface area contributed by atoms with Crippen LogP contribution >= 0.6 is 0 Å². The highest BCUT2D eigenvalue weighted by Gasteiger charge is 2.30. The second-order valence-corrected chi connectivity index (χ2v) is 4.98. The Bertz CT molecular complexity index is 738. The molecule has 0 saturated heterocycles. The smallest absolute Gasteiger partial charge is 0.292 e. The molecule has 0 aliphatic rings. The van der Waals surface area contributed by atoms with Crippen molar-refractivity contribution in [1.82, 2.24) is 14.9 Å². The highest BCUT2D eigenvalue weighted by molar-refractivity contribution is 6.23. The summed E-state index contributed by atoms with van der Waals surface area (Å²) in [6, 6.07) is 6.31. The Morgan fingerprint density at radius 2 is 1.96 bits per heavy atom. The van der Waals surface area contributed by atoms with Gasteiger partial charge in [-0.15, -0.1) is 0 Å². The lowest BCUT2D eigenvalue weighted by Gasteiger charge is -2.17. The van der Waals surface area contributed by atoms with Crippen molar-refractivity contribution in [2.75, 3.05) is 12.6 Å². The molecule has 0 atom stereocenters. The topological polar surface area (TPSA) is 67.2 Å². The van der Waals surface area contributed by atoms with E-state index in [0.717, 1.165) is 17.1 Å². The molecule has 0 radical (unpaired) electrons. The zero-order chi connectivity index (χ0) is 17.9. The Hall–Kier alpha value is -2.84. The first-order valence-electron chi connectivity index (χ1n) is 7.02. The van der Waals surface area contributed by atoms with Gasteiger partial charge in [-0.2, -0.15) is 23.1 Å². The number of aromatic nitrogens is 2. The Kier molecular flexibility index (Phi) is 4.91. The predicted molar refractivity (Wildman–Crippen MR) is 80.2 cm³/mol. The Balaban J connectivity index is 2.29. The molecule has 0 aliphatic carbocycles. The van der Waals surface area contributed by atoms with Gasteiger partial charge in [0.1, 0.15) is 0 Å². The monoisotopic (exact) mass is 340 g/mol. The number of hydrogen-bond acceptors (Lipinski definition) is 4. The van der Waals surface area contributed by atoms with Gasteiger partial charge in [0.15, 0.2) is 0 Å². The largest absolute Gasteiger partial charge is 0.416 e. The van der Waals surface area contributed by atoms with Crippen LogP contribution in [0.2, 0.25) is 0 Å². The van der Waals surface area contributed by atoms with Gasteiger partial charge in [0.25, 0.3) is 0 Å². The van der Waals surface area contributed by atoms with Crippen molar-refractivity contribution in [3.8, 4) is 11.3 Å². The van der Waals surface area contributed by atoms with Crippen molar-refractivity contribution in [1.29, 1.82) is 0 Å². The summed E-state index contributed by atoms with van der Waals surface area (Å²) in [6.45, 7) is 1.85. The van der Waals surface area contributed by atoms with Crippen molar-refractivity contribution < 1.29 is 22.8 Å². The summed E-state index contributed by atoms with van der Waals surface area (Å²) in [5, 5.41) is 5.17. The zero-order valence-corrected chi connectivity index (χ0v) is 13.0. The molecule has 1 heterocycles. The molecule has 0 aliphatic heterocycles. The molecule has 24 heavy (non-hydrogen) atoms. The van der Waals surface area contributed by atoms with Gasteiger partial charge in [0, 0.05) is 12.6 Å². The zero-order valence-electron chi connectivity index (χ0n) is 13.0. The summed E-state index contributed by atoms with van der Waals surface area (Å²) in [7, 11) is 1.36. The Labute approximate surface area is 135 Å². The number of rotatable bonds is 5. The lowest BCUT2D eigenvalue weighted by molar-refractivity contribution is -0.137. The van der Waals surface area contributed by atoms with E-state index in [-0.39, 0.29) is 6.29 Å². The van der Waals surface area contributed by atoms with E-state index in [4.69, 9.17) is 0 Å². The van der Waals surface area contributed by atoms with E-state index >= 15 is 0 Å². The van der Waals surface area contributed by atoms with Crippen molar-refractivity contribution in [3.63, 3.8) is 0 Å². The number of nitrogens with one attached hydrogen (secondary N) is 1. The van der Waals surface area contributed by atoms with E-state index in [0.29, 0.717) is 23.4 Å². The summed E-state index contributed by atoms with van der Waals surface area (Å²) >= 11 is 0. The Morgan fingerprint density at radius 1 is 1.33 bits per heavy atom. The number of aryl methyl sites for hydroxylation is 1. The van der Waals surface area contributed by atoms with Gasteiger partial charge in [0.05, 0.1) is 17.0 Å². The summed E-state index contributed by atoms with van der Waals surface area (Å²) in [5.41, 5.74) is 3.51. The predicted octanol–water partition coefficient (Wildman–Crippen LogP) is 2.25. The van der Waals surface area contributed by atoms with Crippen molar-refractivity contribution in [3.05, 3.63) is 41.6 Å². The highest BCUT2D eigenvalue weighted by atomic mass is 19.4. The molecule has 0 unspecified atom stereocenters. The SMILES string of the molecule is CCc1cc(-c2ccc(C(F)(F)F)cc2)nn1NN(C)C(=O)C=O. The molecule has 0 fully saturated rings. The fraction of sp³-hybridized carbons (Fsp3) is 0.267. The van der Waals surface area contributed by atoms with Gasteiger partial charge in [0.2, 0.25) is 6.29 Å². The van der Waals surface area contributed by atoms with E-state index in [9.17, 15) is 22.8 Å². The van der Waals surface area contributed by atoms with E-state index in [1.54, 1.807) is 6.07 Å². The quantitative estimate of drug-likeness (QED) is 0.515. The van der Waals surface area contributed by atoms with Gasteiger partial charge in [-0.1, -0.05) is 19.1 Å². The number of benzene rings is 1. The van der Waals surface area contributed by atoms with Crippen LogP contribution in [-0.4, -0.2) is 34.1 Å². The number of hydrogen-bond donors (Lipinski definition) is 1. The van der Waals surface area contributed by atoms with Gasteiger partial charge < -0.3 is 0 Å². The molecular weight excluding hydrogens is 325 g/mol. The van der Waals surface area contributed by atoms with E-state index < -0.39 is 17.6 Å². The number of amides is 1. The van der Waals surface area contributed by atoms with Crippen molar-refractivity contribution in [2.24, 2.45) is 0 Å². The second kappa shape index (κ2) is 6.73. The summed E-state index contributed by atoms with van der Waals surface area (Å²) in [4.78, 5) is 23.0. The fourth-order valence-electron chi connectivity index (χ4n) is 2.00. The molecule has 6 nitrogen and oxygen atoms in total. The number of carbonyl (C=O) groups excluding carboxylic acids is 2. The lowest BCUT2D eigenvalue weighted by atomic mass is 10.1. The van der Waals surface area contributed by atoms with Crippen LogP contribution in [0.3, 0.4) is 0 Å². The molecule has 0 saturated carbocycles. The average molecular weight is 340 g/mol. The number of alkyl halides is 3. The first kappa shape index (κ1) is 17.5. The van der Waals surface area contributed by atoms with Gasteiger partial charge in [-0.3, -0.25) is 9.59 Å². The van der Waals surface area contributed by atoms with Crippen molar-refractivity contribution >= 4 is 12.2 Å². The number of carbonyl (C=O) groups is 2. The molecule has 9 heteroatoms. The van der Waals surface area contributed by atoms with E-state index in [2.05, 4.69) is 10.6 Å². The molecule has 128 valence electrons. The van der Waals surface area contributed by atoms with Crippen LogP contribution in [0.25, 0.3) is 11.3 Å². The number of nitrogens with zero attached hydrogens (tertiary/aromatic N) is 3. The normalized spacial score (nSPS) is 11.2. The van der Waals surface area contributed by atoms with Crippen molar-refractivity contribution in [2.45, 2.75) is 19.5 Å². The summed E-state index contributed by atoms with van der Waals surface area (Å²) in [6.07, 6.45) is -3.69. The molecule has 1 aromatic heterocycles. The summed E-state index contributed by atoms with van der Waals surface area (Å²) in [5.74, 6) is -0.788. The van der Waals surface area contributed by atoms with Gasteiger partial charge in [-0.05, 0) is 24.6 Å². The first-order chi connectivity index (χ1) is 11.3. The van der Waals surface area contributed by atoms with Gasteiger partial charge >= 0.3 is 12.1 Å². The maximum absolute atomic E-state index is 12.6. The van der Waals surface area contributed by atoms with Gasteiger partial charge in [-0.25, -0.2) is 10.5 Å². The van der Waals surface area contributed by atoms with Crippen LogP contribution in [0.15, 0.2) is 30.3 Å². The molecule has 0 bridgehead atoms. The summed E-state index contributed by atoms with van der Waals surface area (Å²) < 4.78 is 37.8. The minimum Gasteiger partial charge on any atom is -0.292 e. The molecular formula is C15H15F3N4O2. The van der Waals surface area contributed by atoms with Crippen LogP contribution < -0.4 is 5.53 Å². The molecule has 2 aromatic rings. The second-order valence-electron chi connectivity index (χ2n) is 4.98. The van der Waals surface area contributed by atoms with Crippen LogP contribution in [-0.2, 0) is 22.2 Å². The number of halogens is 3. The van der Waals surface area contributed by atoms with Crippen LogP contribution in [0.5, 0.6) is 0 Å². The third-order valence-electron chi connectivity index (χ3n) is 3.33. The molecule has 2 rings (SSSR count). The van der Waals surface area contributed by atoms with E-state index in [1.807, 2.05) is 6.92 Å². The number of likely N-dealkylation sites (N-methyl/N-ethyl adjacent to an activating group) is 1. The maximum Gasteiger partial charge on any atom is 0.416 e. The third-order valence-corrected chi connectivity index (χ3v) is 3.33. The van der Waals surface area contributed by atoms with E-state index in [1.165, 1.54) is 24.0 Å². The van der Waals surface area contributed by atoms with Crippen LogP contribution in [0.1, 0.15) is 18.2 Å². The fourth-order valence-corrected chi connectivity index (χ4v) is 2.00. The Morgan fingerprint density at radius 3 is 2.46 bits per heavy atom. The molecule has 1 aromatic carbocycles. The molecule has 0 spiro atoms. The first-order valence-corrected chi connectivity index (χ1v) is 7.02. The minimum absolute atomic E-state index is 0.152. The lowest BCUT2D eigenvalue weighted by Crippen LogP contribution is -2.39. The average Bonchev–Trinajstić information content (AvgIpc) is 2.96. The highest BCUT2D eigenvalue weighted by Crippen LogP contribution is 2.30.